The Morgan fingerprint density at radius 1 is 1.28 bits per heavy atom. The number of amides is 1. The number of carboxylic acids is 1. The number of nitrogens with one attached hydrogen (secondary N) is 1. The highest BCUT2D eigenvalue weighted by molar-refractivity contribution is 8.13. The molecule has 0 saturated carbocycles. The first-order chi connectivity index (χ1) is 8.32. The molecule has 0 aliphatic carbocycles. The number of rotatable bonds is 7. The van der Waals surface area contributed by atoms with Crippen LogP contribution in [-0.4, -0.2) is 47.0 Å². The Bertz CT molecular complexity index is 325. The lowest BCUT2D eigenvalue weighted by atomic mass is 10.2. The Morgan fingerprint density at radius 3 is 2.33 bits per heavy atom. The van der Waals surface area contributed by atoms with Crippen molar-refractivity contribution in [1.29, 1.82) is 0 Å². The lowest BCUT2D eigenvalue weighted by Crippen LogP contribution is -2.38. The molecule has 0 aliphatic heterocycles. The van der Waals surface area contributed by atoms with Gasteiger partial charge in [0.2, 0.25) is 5.91 Å². The van der Waals surface area contributed by atoms with Crippen molar-refractivity contribution in [3.63, 3.8) is 0 Å². The largest absolute Gasteiger partial charge is 0.480 e. The van der Waals surface area contributed by atoms with Crippen LogP contribution in [0.3, 0.4) is 0 Å². The summed E-state index contributed by atoms with van der Waals surface area (Å²) in [6, 6.07) is 0. The summed E-state index contributed by atoms with van der Waals surface area (Å²) in [6.07, 6.45) is 0. The van der Waals surface area contributed by atoms with Crippen molar-refractivity contribution in [1.82, 2.24) is 5.32 Å². The molecule has 0 rings (SSSR count). The van der Waals surface area contributed by atoms with Gasteiger partial charge in [-0.25, -0.2) is 0 Å². The molecule has 0 bridgehead atoms. The van der Waals surface area contributed by atoms with Crippen molar-refractivity contribution in [2.75, 3.05) is 18.9 Å². The van der Waals surface area contributed by atoms with E-state index in [-0.39, 0.29) is 17.5 Å². The zero-order valence-corrected chi connectivity index (χ0v) is 10.9. The third-order valence-corrected chi connectivity index (χ3v) is 2.74. The average molecular weight is 277 g/mol. The quantitative estimate of drug-likeness (QED) is 0.612. The second-order valence-electron chi connectivity index (χ2n) is 3.41. The van der Waals surface area contributed by atoms with Crippen LogP contribution in [0.1, 0.15) is 13.8 Å². The standard InChI is InChI=1S/C10H15NO6S/c1-6(12)17-4-8(5-18-7(2)13)10(16)11-3-9(14)15/h8H,3-5H2,1-2H3,(H,11,16)(H,14,15). The topological polar surface area (TPSA) is 110 Å². The molecule has 1 unspecified atom stereocenters. The number of carboxylic acid groups (broad SMARTS) is 1. The van der Waals surface area contributed by atoms with Gasteiger partial charge in [0.15, 0.2) is 5.12 Å². The van der Waals surface area contributed by atoms with E-state index in [2.05, 4.69) is 5.32 Å². The second kappa shape index (κ2) is 8.51. The Morgan fingerprint density at radius 2 is 1.89 bits per heavy atom. The van der Waals surface area contributed by atoms with Gasteiger partial charge < -0.3 is 15.2 Å². The molecule has 102 valence electrons. The first-order valence-corrected chi connectivity index (χ1v) is 6.07. The van der Waals surface area contributed by atoms with Crippen molar-refractivity contribution >= 4 is 34.7 Å². The molecule has 0 spiro atoms. The van der Waals surface area contributed by atoms with Crippen LogP contribution < -0.4 is 5.32 Å². The van der Waals surface area contributed by atoms with E-state index in [4.69, 9.17) is 9.84 Å². The van der Waals surface area contributed by atoms with E-state index in [9.17, 15) is 19.2 Å². The summed E-state index contributed by atoms with van der Waals surface area (Å²) in [5.41, 5.74) is 0. The van der Waals surface area contributed by atoms with Crippen LogP contribution in [0.15, 0.2) is 0 Å². The van der Waals surface area contributed by atoms with Gasteiger partial charge in [-0.15, -0.1) is 0 Å². The van der Waals surface area contributed by atoms with Gasteiger partial charge in [-0.1, -0.05) is 11.8 Å². The Balaban J connectivity index is 4.32. The van der Waals surface area contributed by atoms with E-state index in [1.807, 2.05) is 0 Å². The molecule has 18 heavy (non-hydrogen) atoms. The molecule has 1 atom stereocenters. The summed E-state index contributed by atoms with van der Waals surface area (Å²) in [7, 11) is 0. The molecule has 7 nitrogen and oxygen atoms in total. The van der Waals surface area contributed by atoms with E-state index < -0.39 is 30.3 Å². The van der Waals surface area contributed by atoms with Crippen LogP contribution in [0.4, 0.5) is 0 Å². The van der Waals surface area contributed by atoms with Crippen molar-refractivity contribution < 1.29 is 29.0 Å². The third kappa shape index (κ3) is 8.57. The third-order valence-electron chi connectivity index (χ3n) is 1.76. The average Bonchev–Trinajstić information content (AvgIpc) is 2.25. The van der Waals surface area contributed by atoms with Gasteiger partial charge >= 0.3 is 11.9 Å². The molecular formula is C10H15NO6S. The summed E-state index contributed by atoms with van der Waals surface area (Å²) in [6.45, 7) is 1.86. The van der Waals surface area contributed by atoms with Crippen molar-refractivity contribution in [3.05, 3.63) is 0 Å². The van der Waals surface area contributed by atoms with Crippen molar-refractivity contribution in [2.24, 2.45) is 5.92 Å². The van der Waals surface area contributed by atoms with E-state index >= 15 is 0 Å². The molecule has 0 aromatic carbocycles. The molecule has 0 radical (unpaired) electrons. The maximum Gasteiger partial charge on any atom is 0.322 e. The number of hydrogen-bond donors (Lipinski definition) is 2. The molecule has 8 heteroatoms. The highest BCUT2D eigenvalue weighted by Crippen LogP contribution is 2.10. The summed E-state index contributed by atoms with van der Waals surface area (Å²) < 4.78 is 4.69. The number of carbonyl (C=O) groups excluding carboxylic acids is 3. The number of hydrogen-bond acceptors (Lipinski definition) is 6. The number of aliphatic carboxylic acids is 1. The SMILES string of the molecule is CC(=O)OCC(CSC(C)=O)C(=O)NCC(=O)O. The predicted molar refractivity (Wildman–Crippen MR) is 63.9 cm³/mol. The van der Waals surface area contributed by atoms with Gasteiger partial charge in [-0.3, -0.25) is 19.2 Å². The lowest BCUT2D eigenvalue weighted by Gasteiger charge is -2.14. The highest BCUT2D eigenvalue weighted by atomic mass is 32.2. The predicted octanol–water partition coefficient (Wildman–Crippen LogP) is -0.354. The lowest BCUT2D eigenvalue weighted by molar-refractivity contribution is -0.144. The molecule has 0 saturated heterocycles. The molecule has 0 aromatic rings. The van der Waals surface area contributed by atoms with E-state index in [0.29, 0.717) is 0 Å². The highest BCUT2D eigenvalue weighted by Gasteiger charge is 2.21. The van der Waals surface area contributed by atoms with Gasteiger partial charge in [0.25, 0.3) is 0 Å². The molecule has 2 N–H and O–H groups in total. The van der Waals surface area contributed by atoms with Crippen LogP contribution in [-0.2, 0) is 23.9 Å². The first kappa shape index (κ1) is 16.4. The fourth-order valence-electron chi connectivity index (χ4n) is 0.942. The minimum absolute atomic E-state index is 0.133. The molecular weight excluding hydrogens is 262 g/mol. The normalized spacial score (nSPS) is 11.4. The van der Waals surface area contributed by atoms with Gasteiger partial charge in [0.05, 0.1) is 5.92 Å². The zero-order valence-electron chi connectivity index (χ0n) is 10.1. The van der Waals surface area contributed by atoms with Gasteiger partial charge in [0, 0.05) is 19.6 Å². The number of carbonyl (C=O) groups is 4. The molecule has 0 aromatic heterocycles. The fourth-order valence-corrected chi connectivity index (χ4v) is 1.63. The van der Waals surface area contributed by atoms with Crippen LogP contribution >= 0.6 is 11.8 Å². The summed E-state index contributed by atoms with van der Waals surface area (Å²) in [5, 5.41) is 10.4. The van der Waals surface area contributed by atoms with Gasteiger partial charge in [0.1, 0.15) is 13.2 Å². The first-order valence-electron chi connectivity index (χ1n) is 5.09. The molecule has 0 fully saturated rings. The van der Waals surface area contributed by atoms with Crippen LogP contribution in [0.25, 0.3) is 0 Å². The smallest absolute Gasteiger partial charge is 0.322 e. The summed E-state index contributed by atoms with van der Waals surface area (Å²) >= 11 is 0.915. The molecule has 0 heterocycles. The zero-order chi connectivity index (χ0) is 14.1. The van der Waals surface area contributed by atoms with E-state index in [1.165, 1.54) is 13.8 Å². The van der Waals surface area contributed by atoms with E-state index in [0.717, 1.165) is 11.8 Å². The van der Waals surface area contributed by atoms with Crippen molar-refractivity contribution in [2.45, 2.75) is 13.8 Å². The fraction of sp³-hybridized carbons (Fsp3) is 0.600. The minimum Gasteiger partial charge on any atom is -0.480 e. The minimum atomic E-state index is -1.17. The molecule has 0 aliphatic rings. The van der Waals surface area contributed by atoms with Crippen molar-refractivity contribution in [3.8, 4) is 0 Å². The van der Waals surface area contributed by atoms with Crippen LogP contribution in [0, 0.1) is 5.92 Å². The van der Waals surface area contributed by atoms with Gasteiger partial charge in [-0.05, 0) is 0 Å². The number of esters is 1. The summed E-state index contributed by atoms with van der Waals surface area (Å²) in [4.78, 5) is 43.3. The van der Waals surface area contributed by atoms with E-state index in [1.54, 1.807) is 0 Å². The maximum atomic E-state index is 11.6. The van der Waals surface area contributed by atoms with Crippen LogP contribution in [0.2, 0.25) is 0 Å². The summed E-state index contributed by atoms with van der Waals surface area (Å²) in [5.74, 6) is -2.89. The number of thioether (sulfide) groups is 1. The number of ether oxygens (including phenoxy) is 1. The van der Waals surface area contributed by atoms with Crippen LogP contribution in [0.5, 0.6) is 0 Å². The second-order valence-corrected chi connectivity index (χ2v) is 4.61. The molecule has 1 amide bonds. The monoisotopic (exact) mass is 277 g/mol. The maximum absolute atomic E-state index is 11.6. The Labute approximate surface area is 108 Å². The Kier molecular flexibility index (Phi) is 7.77. The van der Waals surface area contributed by atoms with Gasteiger partial charge in [-0.2, -0.15) is 0 Å². The Hall–Kier alpha value is -1.57.